The molecular formula is C13H14N2OS. The maximum atomic E-state index is 11.6. The molecule has 0 bridgehead atoms. The SMILES string of the molecule is Cc1ccccc1-n1nc(CS)c(=O)cc1C. The largest absolute Gasteiger partial charge is 0.288 e. The summed E-state index contributed by atoms with van der Waals surface area (Å²) in [6.45, 7) is 3.90. The van der Waals surface area contributed by atoms with Crippen LogP contribution in [0, 0.1) is 13.8 Å². The van der Waals surface area contributed by atoms with E-state index in [2.05, 4.69) is 17.7 Å². The molecule has 0 amide bonds. The van der Waals surface area contributed by atoms with Gasteiger partial charge >= 0.3 is 0 Å². The normalized spacial score (nSPS) is 10.5. The lowest BCUT2D eigenvalue weighted by atomic mass is 10.2. The Labute approximate surface area is 106 Å². The molecule has 0 aliphatic rings. The number of hydrogen-bond donors (Lipinski definition) is 1. The second-order valence-corrected chi connectivity index (χ2v) is 4.27. The van der Waals surface area contributed by atoms with E-state index in [0.29, 0.717) is 11.4 Å². The second-order valence-electron chi connectivity index (χ2n) is 3.95. The van der Waals surface area contributed by atoms with Gasteiger partial charge in [0.05, 0.1) is 5.69 Å². The maximum absolute atomic E-state index is 11.6. The molecule has 1 heterocycles. The van der Waals surface area contributed by atoms with Gasteiger partial charge in [-0.1, -0.05) is 18.2 Å². The van der Waals surface area contributed by atoms with Crippen molar-refractivity contribution in [3.8, 4) is 5.69 Å². The highest BCUT2D eigenvalue weighted by Gasteiger charge is 2.07. The zero-order valence-electron chi connectivity index (χ0n) is 9.84. The van der Waals surface area contributed by atoms with E-state index in [1.54, 1.807) is 10.7 Å². The van der Waals surface area contributed by atoms with Crippen molar-refractivity contribution in [3.05, 3.63) is 57.5 Å². The minimum Gasteiger partial charge on any atom is -0.288 e. The number of nitrogens with zero attached hydrogens (tertiary/aromatic N) is 2. The van der Waals surface area contributed by atoms with Gasteiger partial charge in [0.25, 0.3) is 0 Å². The summed E-state index contributed by atoms with van der Waals surface area (Å²) in [6, 6.07) is 9.56. The average molecular weight is 246 g/mol. The van der Waals surface area contributed by atoms with Gasteiger partial charge in [0.2, 0.25) is 5.43 Å². The van der Waals surface area contributed by atoms with Gasteiger partial charge in [-0.2, -0.15) is 17.7 Å². The zero-order valence-corrected chi connectivity index (χ0v) is 10.7. The molecule has 0 fully saturated rings. The summed E-state index contributed by atoms with van der Waals surface area (Å²) in [5.41, 5.74) is 3.37. The van der Waals surface area contributed by atoms with Gasteiger partial charge in [-0.15, -0.1) is 0 Å². The molecule has 17 heavy (non-hydrogen) atoms. The summed E-state index contributed by atoms with van der Waals surface area (Å²) in [7, 11) is 0. The molecule has 0 aliphatic heterocycles. The highest BCUT2D eigenvalue weighted by atomic mass is 32.1. The van der Waals surface area contributed by atoms with Gasteiger partial charge in [-0.25, -0.2) is 4.68 Å². The van der Waals surface area contributed by atoms with Crippen LogP contribution >= 0.6 is 12.6 Å². The molecule has 0 saturated carbocycles. The third-order valence-corrected chi connectivity index (χ3v) is 2.97. The fourth-order valence-corrected chi connectivity index (χ4v) is 1.96. The first-order valence-corrected chi connectivity index (χ1v) is 6.03. The Morgan fingerprint density at radius 1 is 1.29 bits per heavy atom. The van der Waals surface area contributed by atoms with Gasteiger partial charge in [0, 0.05) is 17.5 Å². The van der Waals surface area contributed by atoms with Crippen molar-refractivity contribution in [2.75, 3.05) is 0 Å². The van der Waals surface area contributed by atoms with Crippen molar-refractivity contribution < 1.29 is 0 Å². The Hall–Kier alpha value is -1.55. The van der Waals surface area contributed by atoms with Gasteiger partial charge in [0.1, 0.15) is 5.69 Å². The second kappa shape index (κ2) is 4.75. The van der Waals surface area contributed by atoms with Gasteiger partial charge < -0.3 is 0 Å². The fraction of sp³-hybridized carbons (Fsp3) is 0.231. The van der Waals surface area contributed by atoms with Crippen LogP contribution in [0.1, 0.15) is 17.0 Å². The van der Waals surface area contributed by atoms with E-state index in [1.807, 2.05) is 38.1 Å². The molecule has 0 atom stereocenters. The summed E-state index contributed by atoms with van der Waals surface area (Å²) in [5.74, 6) is 0.352. The molecule has 0 unspecified atom stereocenters. The van der Waals surface area contributed by atoms with Gasteiger partial charge in [-0.3, -0.25) is 4.79 Å². The summed E-state index contributed by atoms with van der Waals surface area (Å²) in [6.07, 6.45) is 0. The lowest BCUT2D eigenvalue weighted by Gasteiger charge is -2.12. The number of aromatic nitrogens is 2. The van der Waals surface area contributed by atoms with Crippen molar-refractivity contribution in [3.63, 3.8) is 0 Å². The summed E-state index contributed by atoms with van der Waals surface area (Å²) in [5, 5.41) is 4.35. The van der Waals surface area contributed by atoms with Crippen LogP contribution in [0.3, 0.4) is 0 Å². The molecule has 1 aromatic carbocycles. The molecule has 0 spiro atoms. The molecule has 0 radical (unpaired) electrons. The number of aryl methyl sites for hydroxylation is 2. The van der Waals surface area contributed by atoms with E-state index in [1.165, 1.54) is 0 Å². The van der Waals surface area contributed by atoms with E-state index >= 15 is 0 Å². The Balaban J connectivity index is 2.68. The zero-order chi connectivity index (χ0) is 12.4. The molecule has 0 saturated heterocycles. The van der Waals surface area contributed by atoms with E-state index in [0.717, 1.165) is 16.9 Å². The molecular weight excluding hydrogens is 232 g/mol. The first-order valence-electron chi connectivity index (χ1n) is 5.40. The topological polar surface area (TPSA) is 34.9 Å². The number of hydrogen-bond acceptors (Lipinski definition) is 3. The number of para-hydroxylation sites is 1. The van der Waals surface area contributed by atoms with Crippen molar-refractivity contribution in [2.45, 2.75) is 19.6 Å². The average Bonchev–Trinajstić information content (AvgIpc) is 2.31. The molecule has 0 N–H and O–H groups in total. The Bertz CT molecular complexity index is 605. The Morgan fingerprint density at radius 2 is 2.00 bits per heavy atom. The van der Waals surface area contributed by atoms with Crippen LogP contribution in [0.2, 0.25) is 0 Å². The monoisotopic (exact) mass is 246 g/mol. The van der Waals surface area contributed by atoms with Gasteiger partial charge in [0.15, 0.2) is 0 Å². The van der Waals surface area contributed by atoms with Crippen LogP contribution in [0.4, 0.5) is 0 Å². The molecule has 4 heteroatoms. The molecule has 2 rings (SSSR count). The standard InChI is InChI=1S/C13H14N2OS/c1-9-5-3-4-6-12(9)15-10(2)7-13(16)11(8-17)14-15/h3-7,17H,8H2,1-2H3. The van der Waals surface area contributed by atoms with E-state index < -0.39 is 0 Å². The maximum Gasteiger partial charge on any atom is 0.204 e. The van der Waals surface area contributed by atoms with Crippen molar-refractivity contribution in [1.82, 2.24) is 9.78 Å². The highest BCUT2D eigenvalue weighted by molar-refractivity contribution is 7.79. The van der Waals surface area contributed by atoms with E-state index in [4.69, 9.17) is 0 Å². The predicted octanol–water partition coefficient (Wildman–Crippen LogP) is 2.28. The lowest BCUT2D eigenvalue weighted by Crippen LogP contribution is -2.18. The predicted molar refractivity (Wildman–Crippen MR) is 72.0 cm³/mol. The third-order valence-electron chi connectivity index (χ3n) is 2.67. The fourth-order valence-electron chi connectivity index (χ4n) is 1.74. The van der Waals surface area contributed by atoms with Crippen LogP contribution in [-0.2, 0) is 5.75 Å². The first-order chi connectivity index (χ1) is 8.13. The minimum atomic E-state index is -0.0534. The van der Waals surface area contributed by atoms with Crippen molar-refractivity contribution in [2.24, 2.45) is 0 Å². The van der Waals surface area contributed by atoms with E-state index in [9.17, 15) is 4.79 Å². The first kappa shape index (κ1) is 11.9. The Kier molecular flexibility index (Phi) is 3.33. The van der Waals surface area contributed by atoms with Crippen LogP contribution < -0.4 is 5.43 Å². The number of rotatable bonds is 2. The number of thiol groups is 1. The molecule has 2 aromatic rings. The van der Waals surface area contributed by atoms with Crippen molar-refractivity contribution in [1.29, 1.82) is 0 Å². The smallest absolute Gasteiger partial charge is 0.204 e. The lowest BCUT2D eigenvalue weighted by molar-refractivity contribution is 0.769. The van der Waals surface area contributed by atoms with Crippen LogP contribution in [-0.4, -0.2) is 9.78 Å². The van der Waals surface area contributed by atoms with Crippen LogP contribution in [0.5, 0.6) is 0 Å². The summed E-state index contributed by atoms with van der Waals surface area (Å²) >= 11 is 4.12. The Morgan fingerprint density at radius 3 is 2.65 bits per heavy atom. The summed E-state index contributed by atoms with van der Waals surface area (Å²) < 4.78 is 1.79. The molecule has 1 aromatic heterocycles. The molecule has 0 aliphatic carbocycles. The third kappa shape index (κ3) is 2.26. The molecule has 88 valence electrons. The van der Waals surface area contributed by atoms with Gasteiger partial charge in [-0.05, 0) is 25.5 Å². The van der Waals surface area contributed by atoms with Crippen LogP contribution in [0.15, 0.2) is 35.1 Å². The summed E-state index contributed by atoms with van der Waals surface area (Å²) in [4.78, 5) is 11.6. The quantitative estimate of drug-likeness (QED) is 0.825. The minimum absolute atomic E-state index is 0.0534. The number of benzene rings is 1. The van der Waals surface area contributed by atoms with Crippen LogP contribution in [0.25, 0.3) is 5.69 Å². The highest BCUT2D eigenvalue weighted by Crippen LogP contribution is 2.13. The van der Waals surface area contributed by atoms with E-state index in [-0.39, 0.29) is 5.43 Å². The molecule has 3 nitrogen and oxygen atoms in total. The van der Waals surface area contributed by atoms with Crippen molar-refractivity contribution >= 4 is 12.6 Å².